The van der Waals surface area contributed by atoms with Crippen LogP contribution in [0.4, 0.5) is 5.69 Å². The zero-order chi connectivity index (χ0) is 12.2. The lowest BCUT2D eigenvalue weighted by molar-refractivity contribution is 0.0207. The third kappa shape index (κ3) is 4.06. The van der Waals surface area contributed by atoms with Crippen molar-refractivity contribution in [3.8, 4) is 0 Å². The van der Waals surface area contributed by atoms with E-state index in [1.54, 1.807) is 18.9 Å². The van der Waals surface area contributed by atoms with Gasteiger partial charge in [-0.25, -0.2) is 0 Å². The van der Waals surface area contributed by atoms with Crippen LogP contribution in [-0.2, 0) is 4.74 Å². The molecular weight excluding hydrogens is 218 g/mol. The van der Waals surface area contributed by atoms with Crippen LogP contribution in [0.15, 0.2) is 23.1 Å². The molecule has 1 rings (SSSR count). The molecule has 0 radical (unpaired) electrons. The molecule has 0 heterocycles. The van der Waals surface area contributed by atoms with Crippen LogP contribution >= 0.6 is 11.8 Å². The van der Waals surface area contributed by atoms with Crippen LogP contribution in [0.3, 0.4) is 0 Å². The highest BCUT2D eigenvalue weighted by atomic mass is 32.2. The number of aryl methyl sites for hydroxylation is 1. The smallest absolute Gasteiger partial charge is 0.0630 e. The van der Waals surface area contributed by atoms with E-state index in [-0.39, 0.29) is 5.60 Å². The van der Waals surface area contributed by atoms with E-state index in [9.17, 15) is 0 Å². The molecule has 0 saturated carbocycles. The van der Waals surface area contributed by atoms with Crippen molar-refractivity contribution in [2.24, 2.45) is 0 Å². The van der Waals surface area contributed by atoms with Gasteiger partial charge in [-0.05, 0) is 44.9 Å². The summed E-state index contributed by atoms with van der Waals surface area (Å²) in [5.41, 5.74) is 7.99. The number of ether oxygens (including phenoxy) is 1. The SMILES string of the molecule is COC(C)(C)CCSc1ccc(C)cc1N. The lowest BCUT2D eigenvalue weighted by Gasteiger charge is -2.22. The van der Waals surface area contributed by atoms with Gasteiger partial charge in [0.15, 0.2) is 0 Å². The number of thioether (sulfide) groups is 1. The summed E-state index contributed by atoms with van der Waals surface area (Å²) < 4.78 is 5.38. The number of hydrogen-bond acceptors (Lipinski definition) is 3. The molecule has 2 nitrogen and oxygen atoms in total. The minimum Gasteiger partial charge on any atom is -0.398 e. The maximum Gasteiger partial charge on any atom is 0.0630 e. The van der Waals surface area contributed by atoms with E-state index < -0.39 is 0 Å². The topological polar surface area (TPSA) is 35.2 Å². The second-order valence-corrected chi connectivity index (χ2v) is 5.74. The molecule has 0 saturated heterocycles. The Labute approximate surface area is 103 Å². The zero-order valence-electron chi connectivity index (χ0n) is 10.5. The Balaban J connectivity index is 2.49. The van der Waals surface area contributed by atoms with E-state index >= 15 is 0 Å². The largest absolute Gasteiger partial charge is 0.398 e. The molecule has 1 aromatic carbocycles. The van der Waals surface area contributed by atoms with E-state index in [1.807, 2.05) is 6.07 Å². The summed E-state index contributed by atoms with van der Waals surface area (Å²) in [6, 6.07) is 6.21. The maximum atomic E-state index is 5.95. The fourth-order valence-electron chi connectivity index (χ4n) is 1.31. The Hall–Kier alpha value is -0.670. The van der Waals surface area contributed by atoms with E-state index in [4.69, 9.17) is 10.5 Å². The maximum absolute atomic E-state index is 5.95. The van der Waals surface area contributed by atoms with Crippen molar-refractivity contribution in [2.75, 3.05) is 18.6 Å². The van der Waals surface area contributed by atoms with Crippen molar-refractivity contribution in [1.82, 2.24) is 0 Å². The first-order chi connectivity index (χ1) is 7.44. The van der Waals surface area contributed by atoms with Crippen LogP contribution < -0.4 is 5.73 Å². The van der Waals surface area contributed by atoms with Gasteiger partial charge in [0.25, 0.3) is 0 Å². The average molecular weight is 239 g/mol. The molecule has 0 amide bonds. The van der Waals surface area contributed by atoms with E-state index in [0.29, 0.717) is 0 Å². The fourth-order valence-corrected chi connectivity index (χ4v) is 2.51. The van der Waals surface area contributed by atoms with Crippen molar-refractivity contribution in [2.45, 2.75) is 37.7 Å². The first kappa shape index (κ1) is 13.4. The fraction of sp³-hybridized carbons (Fsp3) is 0.538. The number of nitrogen functional groups attached to an aromatic ring is 1. The number of benzene rings is 1. The van der Waals surface area contributed by atoms with Crippen LogP contribution in [0.2, 0.25) is 0 Å². The molecule has 0 bridgehead atoms. The third-order valence-electron chi connectivity index (χ3n) is 2.68. The predicted molar refractivity (Wildman–Crippen MR) is 72.0 cm³/mol. The molecule has 0 spiro atoms. The molecule has 0 aliphatic rings. The van der Waals surface area contributed by atoms with Crippen LogP contribution in [0.5, 0.6) is 0 Å². The minimum atomic E-state index is -0.0491. The van der Waals surface area contributed by atoms with Gasteiger partial charge in [0.1, 0.15) is 0 Å². The zero-order valence-corrected chi connectivity index (χ0v) is 11.4. The molecule has 1 aromatic rings. The van der Waals surface area contributed by atoms with E-state index in [1.165, 1.54) is 5.56 Å². The Morgan fingerprint density at radius 3 is 2.62 bits per heavy atom. The standard InChI is InChI=1S/C13H21NOS/c1-10-5-6-12(11(14)9-10)16-8-7-13(2,3)15-4/h5-6,9H,7-8,14H2,1-4H3. The Bertz CT molecular complexity index is 350. The van der Waals surface area contributed by atoms with Crippen LogP contribution in [0.25, 0.3) is 0 Å². The van der Waals surface area contributed by atoms with Crippen molar-refractivity contribution >= 4 is 17.4 Å². The molecule has 0 atom stereocenters. The minimum absolute atomic E-state index is 0.0491. The highest BCUT2D eigenvalue weighted by Gasteiger charge is 2.15. The predicted octanol–water partition coefficient (Wildman–Crippen LogP) is 3.48. The van der Waals surface area contributed by atoms with Crippen LogP contribution in [0.1, 0.15) is 25.8 Å². The summed E-state index contributed by atoms with van der Waals surface area (Å²) in [4.78, 5) is 1.16. The molecule has 2 N–H and O–H groups in total. The van der Waals surface area contributed by atoms with Gasteiger partial charge in [-0.3, -0.25) is 0 Å². The summed E-state index contributed by atoms with van der Waals surface area (Å²) >= 11 is 1.79. The molecular formula is C13H21NOS. The lowest BCUT2D eigenvalue weighted by Crippen LogP contribution is -2.22. The van der Waals surface area contributed by atoms with Crippen molar-refractivity contribution in [1.29, 1.82) is 0 Å². The Kier molecular flexibility index (Phi) is 4.69. The van der Waals surface area contributed by atoms with Gasteiger partial charge in [-0.15, -0.1) is 11.8 Å². The Morgan fingerprint density at radius 1 is 1.38 bits per heavy atom. The molecule has 0 aliphatic carbocycles. The summed E-state index contributed by atoms with van der Waals surface area (Å²) in [6.07, 6.45) is 1.02. The number of anilines is 1. The van der Waals surface area contributed by atoms with E-state index in [2.05, 4.69) is 32.9 Å². The molecule has 0 unspecified atom stereocenters. The van der Waals surface area contributed by atoms with Crippen molar-refractivity contribution in [3.63, 3.8) is 0 Å². The second kappa shape index (κ2) is 5.60. The summed E-state index contributed by atoms with van der Waals surface area (Å²) in [5.74, 6) is 1.02. The molecule has 16 heavy (non-hydrogen) atoms. The van der Waals surface area contributed by atoms with Gasteiger partial charge in [-0.2, -0.15) is 0 Å². The third-order valence-corrected chi connectivity index (χ3v) is 3.77. The lowest BCUT2D eigenvalue weighted by atomic mass is 10.1. The van der Waals surface area contributed by atoms with Gasteiger partial charge in [-0.1, -0.05) is 6.07 Å². The van der Waals surface area contributed by atoms with Gasteiger partial charge >= 0.3 is 0 Å². The number of methoxy groups -OCH3 is 1. The first-order valence-corrected chi connectivity index (χ1v) is 6.47. The van der Waals surface area contributed by atoms with E-state index in [0.717, 1.165) is 22.8 Å². The normalized spacial score (nSPS) is 11.8. The number of rotatable bonds is 5. The van der Waals surface area contributed by atoms with Crippen molar-refractivity contribution in [3.05, 3.63) is 23.8 Å². The summed E-state index contributed by atoms with van der Waals surface area (Å²) in [7, 11) is 1.75. The van der Waals surface area contributed by atoms with Crippen molar-refractivity contribution < 1.29 is 4.74 Å². The highest BCUT2D eigenvalue weighted by molar-refractivity contribution is 7.99. The highest BCUT2D eigenvalue weighted by Crippen LogP contribution is 2.28. The molecule has 0 fully saturated rings. The van der Waals surface area contributed by atoms with Gasteiger partial charge < -0.3 is 10.5 Å². The van der Waals surface area contributed by atoms with Crippen LogP contribution in [-0.4, -0.2) is 18.5 Å². The summed E-state index contributed by atoms with van der Waals surface area (Å²) in [5, 5.41) is 0. The average Bonchev–Trinajstić information content (AvgIpc) is 2.21. The summed E-state index contributed by atoms with van der Waals surface area (Å²) in [6.45, 7) is 6.26. The number of hydrogen-bond donors (Lipinski definition) is 1. The molecule has 90 valence electrons. The monoisotopic (exact) mass is 239 g/mol. The quantitative estimate of drug-likeness (QED) is 0.631. The Morgan fingerprint density at radius 2 is 2.06 bits per heavy atom. The second-order valence-electron chi connectivity index (χ2n) is 4.60. The van der Waals surface area contributed by atoms with Gasteiger partial charge in [0.2, 0.25) is 0 Å². The molecule has 0 aliphatic heterocycles. The van der Waals surface area contributed by atoms with Crippen LogP contribution in [0, 0.1) is 6.92 Å². The first-order valence-electron chi connectivity index (χ1n) is 5.49. The molecule has 3 heteroatoms. The van der Waals surface area contributed by atoms with Gasteiger partial charge in [0, 0.05) is 23.4 Å². The number of nitrogens with two attached hydrogens (primary N) is 1. The van der Waals surface area contributed by atoms with Gasteiger partial charge in [0.05, 0.1) is 5.60 Å². The molecule has 0 aromatic heterocycles.